The fraction of sp³-hybridized carbons (Fsp3) is 0.239. The molecule has 0 aromatic heterocycles. The first-order valence-electron chi connectivity index (χ1n) is 16.9. The Morgan fingerprint density at radius 2 is 0.765 bits per heavy atom. The summed E-state index contributed by atoms with van der Waals surface area (Å²) >= 11 is 0. The molecule has 0 N–H and O–H groups in total. The van der Waals surface area contributed by atoms with Crippen LogP contribution >= 0.6 is 0 Å². The Balaban J connectivity index is 0.000000319. The lowest BCUT2D eigenvalue weighted by atomic mass is 10.0. The van der Waals surface area contributed by atoms with Crippen molar-refractivity contribution in [2.75, 3.05) is 0 Å². The van der Waals surface area contributed by atoms with Gasteiger partial charge in [0, 0.05) is 27.8 Å². The molecule has 0 radical (unpaired) electrons. The summed E-state index contributed by atoms with van der Waals surface area (Å²) in [6.07, 6.45) is 1.03. The molecular formula is C46H52O5. The maximum absolute atomic E-state index is 10.9. The zero-order valence-corrected chi connectivity index (χ0v) is 31.8. The van der Waals surface area contributed by atoms with E-state index in [9.17, 15) is 24.0 Å². The minimum Gasteiger partial charge on any atom is -0.295 e. The van der Waals surface area contributed by atoms with Crippen molar-refractivity contribution in [2.45, 2.75) is 75.7 Å². The fourth-order valence-electron chi connectivity index (χ4n) is 4.26. The van der Waals surface area contributed by atoms with Crippen molar-refractivity contribution < 1.29 is 24.0 Å². The van der Waals surface area contributed by atoms with Crippen LogP contribution in [-0.2, 0) is 6.42 Å². The van der Waals surface area contributed by atoms with Gasteiger partial charge >= 0.3 is 0 Å². The van der Waals surface area contributed by atoms with E-state index in [2.05, 4.69) is 6.92 Å². The second-order valence-corrected chi connectivity index (χ2v) is 12.2. The molecule has 0 saturated heterocycles. The Hall–Kier alpha value is -5.55. The molecule has 0 amide bonds. The molecular weight excluding hydrogens is 633 g/mol. The highest BCUT2D eigenvalue weighted by molar-refractivity contribution is 5.95. The number of rotatable bonds is 6. The van der Waals surface area contributed by atoms with E-state index in [0.29, 0.717) is 0 Å². The lowest BCUT2D eigenvalue weighted by molar-refractivity contribution is 0.100. The van der Waals surface area contributed by atoms with E-state index >= 15 is 0 Å². The maximum atomic E-state index is 10.9. The Morgan fingerprint density at radius 1 is 0.373 bits per heavy atom. The van der Waals surface area contributed by atoms with Crippen molar-refractivity contribution >= 4 is 28.9 Å². The molecule has 5 nitrogen and oxygen atoms in total. The number of benzene rings is 5. The standard InChI is InChI=1S/2C10H12O.2C9H10O.C8H8O/c1-7-4-5-10(9(3)11)6-8(7)2;1-3-9-4-6-10(7-5-9)8(2)11;1-7-3-5-9(6-4-7)8(2)10;1-7-4-3-5-9(6-7)8(2)10;1-7(9)8-5-3-2-4-6-8/h4-6H,1-3H3;4-7H,3H2,1-2H3;2*3-6H,1-2H3;2-6H,1H3. The predicted molar refractivity (Wildman–Crippen MR) is 211 cm³/mol. The highest BCUT2D eigenvalue weighted by Gasteiger charge is 2.00. The van der Waals surface area contributed by atoms with Gasteiger partial charge in [0.15, 0.2) is 28.9 Å². The van der Waals surface area contributed by atoms with E-state index < -0.39 is 0 Å². The van der Waals surface area contributed by atoms with Crippen LogP contribution < -0.4 is 0 Å². The average molecular weight is 685 g/mol. The molecule has 51 heavy (non-hydrogen) atoms. The molecule has 266 valence electrons. The van der Waals surface area contributed by atoms with Crippen molar-refractivity contribution in [3.63, 3.8) is 0 Å². The molecule has 5 aromatic carbocycles. The van der Waals surface area contributed by atoms with Gasteiger partial charge < -0.3 is 0 Å². The van der Waals surface area contributed by atoms with Crippen LogP contribution in [-0.4, -0.2) is 28.9 Å². The molecule has 0 aliphatic heterocycles. The minimum atomic E-state index is 0.121. The molecule has 0 saturated carbocycles. The Kier molecular flexibility index (Phi) is 19.6. The number of carbonyl (C=O) groups is 5. The number of ketones is 5. The zero-order valence-electron chi connectivity index (χ0n) is 31.8. The molecule has 0 aliphatic rings. The van der Waals surface area contributed by atoms with Crippen LogP contribution in [0.3, 0.4) is 0 Å². The smallest absolute Gasteiger partial charge is 0.159 e. The summed E-state index contributed by atoms with van der Waals surface area (Å²) in [6.45, 7) is 18.0. The summed E-state index contributed by atoms with van der Waals surface area (Å²) in [5.41, 5.74) is 9.94. The van der Waals surface area contributed by atoms with Gasteiger partial charge in [0.25, 0.3) is 0 Å². The van der Waals surface area contributed by atoms with Gasteiger partial charge in [-0.25, -0.2) is 0 Å². The van der Waals surface area contributed by atoms with Gasteiger partial charge in [-0.1, -0.05) is 127 Å². The summed E-state index contributed by atoms with van der Waals surface area (Å²) in [6, 6.07) is 37.9. The quantitative estimate of drug-likeness (QED) is 0.166. The molecule has 0 aliphatic carbocycles. The van der Waals surface area contributed by atoms with Crippen molar-refractivity contribution in [3.05, 3.63) is 177 Å². The van der Waals surface area contributed by atoms with Gasteiger partial charge in [0.1, 0.15) is 0 Å². The first-order valence-corrected chi connectivity index (χ1v) is 16.9. The summed E-state index contributed by atoms with van der Waals surface area (Å²) in [5, 5.41) is 0. The van der Waals surface area contributed by atoms with Crippen LogP contribution in [0.15, 0.2) is 121 Å². The lowest BCUT2D eigenvalue weighted by Gasteiger charge is -2.00. The average Bonchev–Trinajstić information content (AvgIpc) is 3.11. The second-order valence-electron chi connectivity index (χ2n) is 12.2. The maximum Gasteiger partial charge on any atom is 0.159 e. The van der Waals surface area contributed by atoms with Crippen LogP contribution in [0, 0.1) is 27.7 Å². The Morgan fingerprint density at radius 3 is 1.14 bits per heavy atom. The summed E-state index contributed by atoms with van der Waals surface area (Å²) in [5.74, 6) is 0.639. The first-order chi connectivity index (χ1) is 24.0. The van der Waals surface area contributed by atoms with Gasteiger partial charge in [-0.2, -0.15) is 0 Å². The molecule has 5 rings (SSSR count). The monoisotopic (exact) mass is 684 g/mol. The Bertz CT molecular complexity index is 1870. The highest BCUT2D eigenvalue weighted by atomic mass is 16.1. The van der Waals surface area contributed by atoms with E-state index in [-0.39, 0.29) is 28.9 Å². The number of aryl methyl sites for hydroxylation is 5. The molecule has 5 heteroatoms. The van der Waals surface area contributed by atoms with E-state index in [1.807, 2.05) is 149 Å². The van der Waals surface area contributed by atoms with Crippen molar-refractivity contribution in [2.24, 2.45) is 0 Å². The number of hydrogen-bond donors (Lipinski definition) is 0. The number of carbonyl (C=O) groups excluding carboxylic acids is 5. The van der Waals surface area contributed by atoms with Crippen LogP contribution in [0.5, 0.6) is 0 Å². The molecule has 5 aromatic rings. The third-order valence-corrected chi connectivity index (χ3v) is 7.75. The van der Waals surface area contributed by atoms with Gasteiger partial charge in [-0.05, 0) is 97.6 Å². The van der Waals surface area contributed by atoms with Crippen molar-refractivity contribution in [1.82, 2.24) is 0 Å². The van der Waals surface area contributed by atoms with E-state index in [0.717, 1.165) is 39.8 Å². The van der Waals surface area contributed by atoms with Crippen LogP contribution in [0.2, 0.25) is 0 Å². The molecule has 0 fully saturated rings. The first kappa shape index (κ1) is 43.5. The largest absolute Gasteiger partial charge is 0.295 e. The summed E-state index contributed by atoms with van der Waals surface area (Å²) in [7, 11) is 0. The SMILES string of the molecule is CC(=O)c1ccc(C)c(C)c1.CC(=O)c1ccc(C)cc1.CC(=O)c1cccc(C)c1.CC(=O)c1ccccc1.CCc1ccc(C(C)=O)cc1. The zero-order chi connectivity index (χ0) is 38.5. The topological polar surface area (TPSA) is 85.3 Å². The van der Waals surface area contributed by atoms with Gasteiger partial charge in [0.2, 0.25) is 0 Å². The van der Waals surface area contributed by atoms with Gasteiger partial charge in [-0.15, -0.1) is 0 Å². The van der Waals surface area contributed by atoms with Gasteiger partial charge in [0.05, 0.1) is 0 Å². The van der Waals surface area contributed by atoms with E-state index in [4.69, 9.17) is 0 Å². The Labute approximate surface area is 304 Å². The summed E-state index contributed by atoms with van der Waals surface area (Å²) < 4.78 is 0. The van der Waals surface area contributed by atoms with E-state index in [1.165, 1.54) is 22.3 Å². The van der Waals surface area contributed by atoms with E-state index in [1.54, 1.807) is 34.6 Å². The molecule has 0 bridgehead atoms. The molecule has 0 heterocycles. The number of hydrogen-bond acceptors (Lipinski definition) is 5. The molecule has 0 unspecified atom stereocenters. The lowest BCUT2D eigenvalue weighted by Crippen LogP contribution is -1.93. The minimum absolute atomic E-state index is 0.121. The van der Waals surface area contributed by atoms with Crippen molar-refractivity contribution in [3.8, 4) is 0 Å². The third kappa shape index (κ3) is 17.6. The van der Waals surface area contributed by atoms with Crippen molar-refractivity contribution in [1.29, 1.82) is 0 Å². The summed E-state index contributed by atoms with van der Waals surface area (Å²) in [4.78, 5) is 54.0. The third-order valence-electron chi connectivity index (χ3n) is 7.75. The normalized spacial score (nSPS) is 9.45. The predicted octanol–water partition coefficient (Wildman–Crippen LogP) is 11.2. The van der Waals surface area contributed by atoms with Crippen LogP contribution in [0.1, 0.15) is 121 Å². The fourth-order valence-corrected chi connectivity index (χ4v) is 4.26. The number of Topliss-reactive ketones (excluding diaryl/α,β-unsaturated/α-hetero) is 5. The highest BCUT2D eigenvalue weighted by Crippen LogP contribution is 2.10. The molecule has 0 atom stereocenters. The van der Waals surface area contributed by atoms with Crippen LogP contribution in [0.25, 0.3) is 0 Å². The van der Waals surface area contributed by atoms with Crippen LogP contribution in [0.4, 0.5) is 0 Å². The second kappa shape index (κ2) is 23.0. The molecule has 0 spiro atoms. The van der Waals surface area contributed by atoms with Gasteiger partial charge in [-0.3, -0.25) is 24.0 Å².